The normalized spacial score (nSPS) is 13.9. The smallest absolute Gasteiger partial charge is 0.0640 e. The van der Waals surface area contributed by atoms with E-state index in [2.05, 4.69) is 49.5 Å². The molecule has 0 amide bonds. The first-order valence-corrected chi connectivity index (χ1v) is 8.16. The number of rotatable bonds is 6. The van der Waals surface area contributed by atoms with E-state index in [0.717, 1.165) is 18.5 Å². The van der Waals surface area contributed by atoms with Crippen molar-refractivity contribution in [3.8, 4) is 0 Å². The van der Waals surface area contributed by atoms with E-state index in [1.54, 1.807) is 0 Å². The molecule has 2 aromatic rings. The Kier molecular flexibility index (Phi) is 6.10. The SMILES string of the molecule is CCNC(c1cccc(Cl)c1Cl)C(CC)c1ccccc1. The van der Waals surface area contributed by atoms with Crippen molar-refractivity contribution in [1.29, 1.82) is 0 Å². The highest BCUT2D eigenvalue weighted by Gasteiger charge is 2.25. The molecular formula is C18H21Cl2N. The molecule has 2 unspecified atom stereocenters. The summed E-state index contributed by atoms with van der Waals surface area (Å²) in [4.78, 5) is 0. The van der Waals surface area contributed by atoms with Crippen molar-refractivity contribution >= 4 is 23.2 Å². The molecule has 0 aliphatic carbocycles. The van der Waals surface area contributed by atoms with Gasteiger partial charge in [-0.3, -0.25) is 0 Å². The first-order chi connectivity index (χ1) is 10.2. The molecule has 0 aromatic heterocycles. The van der Waals surface area contributed by atoms with Crippen LogP contribution in [0.5, 0.6) is 0 Å². The van der Waals surface area contributed by atoms with Crippen LogP contribution in [-0.4, -0.2) is 6.54 Å². The molecule has 0 fully saturated rings. The Morgan fingerprint density at radius 1 is 0.952 bits per heavy atom. The van der Waals surface area contributed by atoms with Gasteiger partial charge in [-0.05, 0) is 30.2 Å². The van der Waals surface area contributed by atoms with Crippen LogP contribution in [0.4, 0.5) is 0 Å². The van der Waals surface area contributed by atoms with E-state index in [9.17, 15) is 0 Å². The maximum absolute atomic E-state index is 6.44. The standard InChI is InChI=1S/C18H21Cl2N/c1-3-14(13-9-6-5-7-10-13)18(21-4-2)15-11-8-12-16(19)17(15)20/h5-12,14,18,21H,3-4H2,1-2H3. The lowest BCUT2D eigenvalue weighted by Crippen LogP contribution is -2.27. The number of benzene rings is 2. The van der Waals surface area contributed by atoms with Gasteiger partial charge in [0.25, 0.3) is 0 Å². The van der Waals surface area contributed by atoms with Crippen molar-refractivity contribution in [3.05, 3.63) is 69.7 Å². The van der Waals surface area contributed by atoms with Gasteiger partial charge in [0.2, 0.25) is 0 Å². The summed E-state index contributed by atoms with van der Waals surface area (Å²) in [5, 5.41) is 4.84. The van der Waals surface area contributed by atoms with Crippen LogP contribution in [0, 0.1) is 0 Å². The van der Waals surface area contributed by atoms with Crippen LogP contribution in [-0.2, 0) is 0 Å². The molecule has 21 heavy (non-hydrogen) atoms. The molecule has 2 atom stereocenters. The molecule has 2 aromatic carbocycles. The van der Waals surface area contributed by atoms with Gasteiger partial charge in [-0.25, -0.2) is 0 Å². The zero-order valence-corrected chi connectivity index (χ0v) is 14.0. The maximum atomic E-state index is 6.44. The Hall–Kier alpha value is -1.02. The molecule has 0 aliphatic heterocycles. The van der Waals surface area contributed by atoms with E-state index in [1.807, 2.05) is 18.2 Å². The van der Waals surface area contributed by atoms with Crippen LogP contribution in [0.2, 0.25) is 10.0 Å². The topological polar surface area (TPSA) is 12.0 Å². The predicted octanol–water partition coefficient (Wildman–Crippen LogP) is 5.84. The number of likely N-dealkylation sites (N-methyl/N-ethyl adjacent to an activating group) is 1. The fourth-order valence-corrected chi connectivity index (χ4v) is 3.24. The molecule has 0 aliphatic rings. The van der Waals surface area contributed by atoms with Gasteiger partial charge in [-0.15, -0.1) is 0 Å². The molecule has 112 valence electrons. The van der Waals surface area contributed by atoms with E-state index in [4.69, 9.17) is 23.2 Å². The van der Waals surface area contributed by atoms with Crippen molar-refractivity contribution in [2.45, 2.75) is 32.2 Å². The van der Waals surface area contributed by atoms with Gasteiger partial charge in [-0.2, -0.15) is 0 Å². The van der Waals surface area contributed by atoms with Gasteiger partial charge < -0.3 is 5.32 Å². The molecule has 2 rings (SSSR count). The molecule has 1 nitrogen and oxygen atoms in total. The summed E-state index contributed by atoms with van der Waals surface area (Å²) in [6.45, 7) is 5.21. The van der Waals surface area contributed by atoms with Gasteiger partial charge in [-0.1, -0.05) is 79.5 Å². The van der Waals surface area contributed by atoms with Gasteiger partial charge >= 0.3 is 0 Å². The molecule has 0 heterocycles. The maximum Gasteiger partial charge on any atom is 0.0640 e. The van der Waals surface area contributed by atoms with Crippen molar-refractivity contribution in [2.24, 2.45) is 0 Å². The van der Waals surface area contributed by atoms with Crippen molar-refractivity contribution in [3.63, 3.8) is 0 Å². The van der Waals surface area contributed by atoms with E-state index < -0.39 is 0 Å². The highest BCUT2D eigenvalue weighted by molar-refractivity contribution is 6.42. The zero-order chi connectivity index (χ0) is 15.2. The van der Waals surface area contributed by atoms with Crippen molar-refractivity contribution in [2.75, 3.05) is 6.54 Å². The predicted molar refractivity (Wildman–Crippen MR) is 92.4 cm³/mol. The lowest BCUT2D eigenvalue weighted by molar-refractivity contribution is 0.445. The van der Waals surface area contributed by atoms with Crippen molar-refractivity contribution in [1.82, 2.24) is 5.32 Å². The Morgan fingerprint density at radius 2 is 1.67 bits per heavy atom. The van der Waals surface area contributed by atoms with Crippen LogP contribution in [0.15, 0.2) is 48.5 Å². The number of halogens is 2. The van der Waals surface area contributed by atoms with Gasteiger partial charge in [0.1, 0.15) is 0 Å². The lowest BCUT2D eigenvalue weighted by atomic mass is 9.85. The second-order valence-corrected chi connectivity index (χ2v) is 5.89. The zero-order valence-electron chi connectivity index (χ0n) is 12.4. The molecule has 0 bridgehead atoms. The quantitative estimate of drug-likeness (QED) is 0.704. The third kappa shape index (κ3) is 3.79. The van der Waals surface area contributed by atoms with Gasteiger partial charge in [0.05, 0.1) is 10.0 Å². The summed E-state index contributed by atoms with van der Waals surface area (Å²) in [5.41, 5.74) is 2.39. The Balaban J connectivity index is 2.44. The summed E-state index contributed by atoms with van der Waals surface area (Å²) in [6, 6.07) is 16.6. The van der Waals surface area contributed by atoms with E-state index in [-0.39, 0.29) is 6.04 Å². The molecule has 0 saturated carbocycles. The van der Waals surface area contributed by atoms with Crippen LogP contribution in [0.25, 0.3) is 0 Å². The van der Waals surface area contributed by atoms with E-state index in [0.29, 0.717) is 16.0 Å². The first-order valence-electron chi connectivity index (χ1n) is 7.41. The molecule has 0 saturated heterocycles. The van der Waals surface area contributed by atoms with Gasteiger partial charge in [0.15, 0.2) is 0 Å². The molecular weight excluding hydrogens is 301 g/mol. The average molecular weight is 322 g/mol. The van der Waals surface area contributed by atoms with Crippen molar-refractivity contribution < 1.29 is 0 Å². The first kappa shape index (κ1) is 16.4. The number of hydrogen-bond acceptors (Lipinski definition) is 1. The van der Waals surface area contributed by atoms with Gasteiger partial charge in [0, 0.05) is 12.0 Å². The van der Waals surface area contributed by atoms with Crippen LogP contribution in [0.3, 0.4) is 0 Å². The second kappa shape index (κ2) is 7.84. The Labute approximate surface area is 137 Å². The molecule has 1 N–H and O–H groups in total. The minimum atomic E-state index is 0.161. The number of hydrogen-bond donors (Lipinski definition) is 1. The lowest BCUT2D eigenvalue weighted by Gasteiger charge is -2.29. The van der Waals surface area contributed by atoms with Crippen LogP contribution in [0.1, 0.15) is 43.4 Å². The number of nitrogens with one attached hydrogen (secondary N) is 1. The minimum absolute atomic E-state index is 0.161. The van der Waals surface area contributed by atoms with Crippen LogP contribution < -0.4 is 5.32 Å². The largest absolute Gasteiger partial charge is 0.310 e. The third-order valence-electron chi connectivity index (χ3n) is 3.81. The summed E-state index contributed by atoms with van der Waals surface area (Å²) < 4.78 is 0. The molecule has 3 heteroatoms. The average Bonchev–Trinajstić information content (AvgIpc) is 2.51. The Morgan fingerprint density at radius 3 is 2.29 bits per heavy atom. The monoisotopic (exact) mass is 321 g/mol. The van der Waals surface area contributed by atoms with Crippen LogP contribution >= 0.6 is 23.2 Å². The highest BCUT2D eigenvalue weighted by atomic mass is 35.5. The van der Waals surface area contributed by atoms with E-state index >= 15 is 0 Å². The summed E-state index contributed by atoms with van der Waals surface area (Å²) >= 11 is 12.6. The highest BCUT2D eigenvalue weighted by Crippen LogP contribution is 2.38. The molecule has 0 spiro atoms. The summed E-state index contributed by atoms with van der Waals surface area (Å²) in [5.74, 6) is 0.363. The summed E-state index contributed by atoms with van der Waals surface area (Å²) in [6.07, 6.45) is 1.03. The Bertz CT molecular complexity index is 569. The summed E-state index contributed by atoms with van der Waals surface area (Å²) in [7, 11) is 0. The third-order valence-corrected chi connectivity index (χ3v) is 4.64. The minimum Gasteiger partial charge on any atom is -0.310 e. The molecule has 0 radical (unpaired) electrons. The van der Waals surface area contributed by atoms with E-state index in [1.165, 1.54) is 5.56 Å². The second-order valence-electron chi connectivity index (χ2n) is 5.10. The fraction of sp³-hybridized carbons (Fsp3) is 0.333. The fourth-order valence-electron chi connectivity index (χ4n) is 2.81.